The van der Waals surface area contributed by atoms with Gasteiger partial charge in [0, 0.05) is 67.1 Å². The largest absolute Gasteiger partial charge is 0.481 e. The van der Waals surface area contributed by atoms with E-state index in [-0.39, 0.29) is 24.1 Å². The summed E-state index contributed by atoms with van der Waals surface area (Å²) in [6, 6.07) is 13.1. The van der Waals surface area contributed by atoms with Crippen molar-refractivity contribution < 1.29 is 18.7 Å². The zero-order chi connectivity index (χ0) is 25.9. The van der Waals surface area contributed by atoms with E-state index in [1.807, 2.05) is 45.7 Å². The van der Waals surface area contributed by atoms with Gasteiger partial charge in [0.2, 0.25) is 11.8 Å². The van der Waals surface area contributed by atoms with E-state index in [0.717, 1.165) is 11.0 Å². The average Bonchev–Trinajstić information content (AvgIpc) is 3.31. The summed E-state index contributed by atoms with van der Waals surface area (Å²) in [5.74, 6) is -0.592. The van der Waals surface area contributed by atoms with E-state index in [9.17, 15) is 14.0 Å². The summed E-state index contributed by atoms with van der Waals surface area (Å²) in [6.07, 6.45) is 5.11. The van der Waals surface area contributed by atoms with Crippen molar-refractivity contribution in [2.24, 2.45) is 0 Å². The molecule has 190 valence electrons. The number of hydrogen-bond acceptors (Lipinski definition) is 6. The lowest BCUT2D eigenvalue weighted by molar-refractivity contribution is -0.134. The monoisotopic (exact) mass is 502 g/mol. The number of hydrogen-bond donors (Lipinski definition) is 1. The molecule has 3 aromatic heterocycles. The molecule has 0 spiro atoms. The minimum absolute atomic E-state index is 0.000917. The van der Waals surface area contributed by atoms with Crippen LogP contribution in [0.4, 0.5) is 15.8 Å². The molecule has 4 aromatic rings. The number of nitrogens with zero attached hydrogens (tertiary/aromatic N) is 5. The lowest BCUT2D eigenvalue weighted by Gasteiger charge is -2.41. The highest BCUT2D eigenvalue weighted by Gasteiger charge is 2.30. The zero-order valence-electron chi connectivity index (χ0n) is 20.6. The summed E-state index contributed by atoms with van der Waals surface area (Å²) < 4.78 is 21.1. The van der Waals surface area contributed by atoms with Crippen LogP contribution in [0.2, 0.25) is 0 Å². The second kappa shape index (κ2) is 10.3. The summed E-state index contributed by atoms with van der Waals surface area (Å²) in [5, 5.41) is 3.78. The average molecular weight is 503 g/mol. The second-order valence-corrected chi connectivity index (χ2v) is 8.94. The van der Waals surface area contributed by atoms with Gasteiger partial charge >= 0.3 is 0 Å². The highest BCUT2D eigenvalue weighted by Crippen LogP contribution is 2.26. The van der Waals surface area contributed by atoms with Gasteiger partial charge in [-0.3, -0.25) is 9.59 Å². The molecular weight excluding hydrogens is 475 g/mol. The molecule has 37 heavy (non-hydrogen) atoms. The molecule has 4 heterocycles. The predicted octanol–water partition coefficient (Wildman–Crippen LogP) is 3.57. The summed E-state index contributed by atoms with van der Waals surface area (Å²) >= 11 is 0. The first kappa shape index (κ1) is 24.2. The van der Waals surface area contributed by atoms with Crippen molar-refractivity contribution in [3.8, 4) is 5.88 Å². The number of aromatic nitrogens is 3. The third kappa shape index (κ3) is 5.09. The van der Waals surface area contributed by atoms with E-state index in [1.165, 1.54) is 25.4 Å². The number of anilines is 2. The normalized spacial score (nSPS) is 15.6. The molecule has 1 fully saturated rings. The summed E-state index contributed by atoms with van der Waals surface area (Å²) in [7, 11) is 1.49. The van der Waals surface area contributed by atoms with Crippen LogP contribution in [0.15, 0.2) is 67.1 Å². The van der Waals surface area contributed by atoms with Gasteiger partial charge in [0.05, 0.1) is 12.7 Å². The molecular formula is C27H27FN6O3. The molecule has 1 atom stereocenters. The Morgan fingerprint density at radius 1 is 1.11 bits per heavy atom. The molecule has 1 aliphatic rings. The first-order chi connectivity index (χ1) is 17.9. The Morgan fingerprint density at radius 2 is 1.97 bits per heavy atom. The zero-order valence-corrected chi connectivity index (χ0v) is 20.6. The first-order valence-electron chi connectivity index (χ1n) is 12.0. The minimum atomic E-state index is -0.504. The fourth-order valence-corrected chi connectivity index (χ4v) is 4.69. The van der Waals surface area contributed by atoms with Crippen LogP contribution in [0, 0.1) is 5.82 Å². The predicted molar refractivity (Wildman–Crippen MR) is 138 cm³/mol. The molecule has 0 aliphatic carbocycles. The molecule has 0 unspecified atom stereocenters. The Labute approximate surface area is 213 Å². The third-order valence-electron chi connectivity index (χ3n) is 6.52. The number of nitrogens with one attached hydrogen (secondary N) is 1. The summed E-state index contributed by atoms with van der Waals surface area (Å²) in [4.78, 5) is 38.6. The number of pyridine rings is 2. The number of ether oxygens (including phenoxy) is 1. The summed E-state index contributed by atoms with van der Waals surface area (Å²) in [5.41, 5.74) is 2.09. The van der Waals surface area contributed by atoms with Crippen LogP contribution in [0.25, 0.3) is 11.0 Å². The van der Waals surface area contributed by atoms with Crippen LogP contribution in [0.1, 0.15) is 17.3 Å². The smallest absolute Gasteiger partial charge is 0.257 e. The maximum absolute atomic E-state index is 14.2. The van der Waals surface area contributed by atoms with Gasteiger partial charge in [-0.05, 0) is 49.4 Å². The van der Waals surface area contributed by atoms with Crippen molar-refractivity contribution in [1.82, 2.24) is 19.4 Å². The standard InChI is InChI=1S/C27H27FN6O3/c1-18-16-32(12-13-34(18)25(35)17-33-11-8-19-4-3-9-30-26(19)33)23-6-5-20(28)14-22(23)27(36)31-21-7-10-29-24(15-21)37-2/h3-11,14-15,18H,12-13,16-17H2,1-2H3,(H,29,31,36)/t18-/m1/s1. The molecule has 0 radical (unpaired) electrons. The van der Waals surface area contributed by atoms with Gasteiger partial charge in [-0.25, -0.2) is 14.4 Å². The van der Waals surface area contributed by atoms with Crippen molar-refractivity contribution in [2.75, 3.05) is 37.0 Å². The Balaban J connectivity index is 1.30. The van der Waals surface area contributed by atoms with Gasteiger partial charge in [0.15, 0.2) is 0 Å². The van der Waals surface area contributed by atoms with Gasteiger partial charge in [-0.1, -0.05) is 0 Å². The van der Waals surface area contributed by atoms with Crippen LogP contribution in [-0.4, -0.2) is 64.0 Å². The van der Waals surface area contributed by atoms with Gasteiger partial charge in [-0.2, -0.15) is 0 Å². The molecule has 9 nitrogen and oxygen atoms in total. The van der Waals surface area contributed by atoms with Crippen LogP contribution < -0.4 is 15.0 Å². The minimum Gasteiger partial charge on any atom is -0.481 e. The van der Waals surface area contributed by atoms with Gasteiger partial charge in [0.25, 0.3) is 5.91 Å². The maximum Gasteiger partial charge on any atom is 0.257 e. The number of amides is 2. The highest BCUT2D eigenvalue weighted by atomic mass is 19.1. The van der Waals surface area contributed by atoms with Crippen molar-refractivity contribution in [1.29, 1.82) is 0 Å². The summed E-state index contributed by atoms with van der Waals surface area (Å²) in [6.45, 7) is 3.67. The third-order valence-corrected chi connectivity index (χ3v) is 6.52. The van der Waals surface area contributed by atoms with Crippen LogP contribution in [0.5, 0.6) is 5.88 Å². The lowest BCUT2D eigenvalue weighted by atomic mass is 10.1. The van der Waals surface area contributed by atoms with Gasteiger partial charge in [0.1, 0.15) is 18.0 Å². The molecule has 5 rings (SSSR count). The Kier molecular flexibility index (Phi) is 6.72. The SMILES string of the molecule is COc1cc(NC(=O)c2cc(F)ccc2N2CCN(C(=O)Cn3ccc4cccnc43)[C@H](C)C2)ccn1. The van der Waals surface area contributed by atoms with Crippen LogP contribution >= 0.6 is 0 Å². The fraction of sp³-hybridized carbons (Fsp3) is 0.259. The highest BCUT2D eigenvalue weighted by molar-refractivity contribution is 6.08. The van der Waals surface area contributed by atoms with E-state index >= 15 is 0 Å². The molecule has 2 amide bonds. The molecule has 1 N–H and O–H groups in total. The number of methoxy groups -OCH3 is 1. The maximum atomic E-state index is 14.2. The van der Waals surface area contributed by atoms with Crippen molar-refractivity contribution in [3.63, 3.8) is 0 Å². The number of fused-ring (bicyclic) bond motifs is 1. The van der Waals surface area contributed by atoms with Crippen LogP contribution in [0.3, 0.4) is 0 Å². The molecule has 1 aliphatic heterocycles. The molecule has 10 heteroatoms. The second-order valence-electron chi connectivity index (χ2n) is 8.94. The lowest BCUT2D eigenvalue weighted by Crippen LogP contribution is -2.55. The van der Waals surface area contributed by atoms with Crippen LogP contribution in [-0.2, 0) is 11.3 Å². The molecule has 1 aromatic carbocycles. The van der Waals surface area contributed by atoms with E-state index in [1.54, 1.807) is 24.4 Å². The number of carbonyl (C=O) groups is 2. The van der Waals surface area contributed by atoms with Crippen molar-refractivity contribution >= 4 is 34.2 Å². The van der Waals surface area contributed by atoms with E-state index < -0.39 is 11.7 Å². The van der Waals surface area contributed by atoms with Gasteiger partial charge < -0.3 is 24.4 Å². The topological polar surface area (TPSA) is 92.6 Å². The quantitative estimate of drug-likeness (QED) is 0.434. The molecule has 0 bridgehead atoms. The first-order valence-corrected chi connectivity index (χ1v) is 12.0. The number of benzene rings is 1. The Hall–Kier alpha value is -4.47. The number of halogens is 1. The Morgan fingerprint density at radius 3 is 2.78 bits per heavy atom. The van der Waals surface area contributed by atoms with E-state index in [0.29, 0.717) is 36.9 Å². The number of rotatable bonds is 6. The van der Waals surface area contributed by atoms with Crippen molar-refractivity contribution in [2.45, 2.75) is 19.5 Å². The number of piperazine rings is 1. The van der Waals surface area contributed by atoms with E-state index in [2.05, 4.69) is 15.3 Å². The fourth-order valence-electron chi connectivity index (χ4n) is 4.69. The number of carbonyl (C=O) groups excluding carboxylic acids is 2. The van der Waals surface area contributed by atoms with Crippen molar-refractivity contribution in [3.05, 3.63) is 78.5 Å². The van der Waals surface area contributed by atoms with Gasteiger partial charge in [-0.15, -0.1) is 0 Å². The molecule has 1 saturated heterocycles. The van der Waals surface area contributed by atoms with E-state index in [4.69, 9.17) is 4.74 Å². The molecule has 0 saturated carbocycles. The Bertz CT molecular complexity index is 1460.